The van der Waals surface area contributed by atoms with Crippen LogP contribution in [0.5, 0.6) is 11.5 Å². The van der Waals surface area contributed by atoms with Gasteiger partial charge < -0.3 is 23.8 Å². The van der Waals surface area contributed by atoms with Crippen LogP contribution in [0.3, 0.4) is 0 Å². The lowest BCUT2D eigenvalue weighted by atomic mass is 9.87. The van der Waals surface area contributed by atoms with Crippen LogP contribution < -0.4 is 9.47 Å². The molecule has 10 heteroatoms. The zero-order valence-corrected chi connectivity index (χ0v) is 29.3. The lowest BCUT2D eigenvalue weighted by Crippen LogP contribution is -2.53. The van der Waals surface area contributed by atoms with E-state index in [4.69, 9.17) is 18.9 Å². The minimum absolute atomic E-state index is 0.0529. The smallest absolute Gasteiger partial charge is 0.330 e. The molecule has 0 aliphatic carbocycles. The molecule has 2 aromatic carbocycles. The van der Waals surface area contributed by atoms with Crippen molar-refractivity contribution in [2.75, 3.05) is 26.9 Å². The molecule has 0 aromatic heterocycles. The summed E-state index contributed by atoms with van der Waals surface area (Å²) in [5.74, 6) is -1.74. The molecule has 1 fully saturated rings. The third-order valence-corrected chi connectivity index (χ3v) is 8.45. The van der Waals surface area contributed by atoms with Crippen molar-refractivity contribution in [3.05, 3.63) is 71.8 Å². The molecule has 0 unspecified atom stereocenters. The number of amides is 1. The van der Waals surface area contributed by atoms with E-state index in [1.54, 1.807) is 25.3 Å². The average Bonchev–Trinajstić information content (AvgIpc) is 3.07. The number of methoxy groups -OCH3 is 1. The number of nitrogens with zero attached hydrogens (tertiary/aromatic N) is 1. The molecular weight excluding hydrogens is 614 g/mol. The van der Waals surface area contributed by atoms with Gasteiger partial charge >= 0.3 is 11.9 Å². The molecule has 3 rings (SSSR count). The van der Waals surface area contributed by atoms with Crippen LogP contribution in [0.25, 0.3) is 0 Å². The molecule has 2 atom stereocenters. The molecule has 1 heterocycles. The van der Waals surface area contributed by atoms with E-state index < -0.39 is 46.6 Å². The summed E-state index contributed by atoms with van der Waals surface area (Å²) in [7, 11) is 1.61. The summed E-state index contributed by atoms with van der Waals surface area (Å²) >= 11 is 0. The van der Waals surface area contributed by atoms with Crippen LogP contribution in [0.2, 0.25) is 0 Å². The van der Waals surface area contributed by atoms with Gasteiger partial charge in [0.2, 0.25) is 5.78 Å². The minimum Gasteiger partial charge on any atom is -0.496 e. The molecule has 1 aliphatic rings. The highest BCUT2D eigenvalue weighted by molar-refractivity contribution is 6.38. The molecule has 1 aliphatic heterocycles. The van der Waals surface area contributed by atoms with Gasteiger partial charge in [-0.2, -0.15) is 0 Å². The van der Waals surface area contributed by atoms with Crippen LogP contribution >= 0.6 is 0 Å². The van der Waals surface area contributed by atoms with Gasteiger partial charge in [-0.25, -0.2) is 9.59 Å². The summed E-state index contributed by atoms with van der Waals surface area (Å²) in [6.45, 7) is 13.6. The van der Waals surface area contributed by atoms with Crippen LogP contribution in [-0.4, -0.2) is 67.2 Å². The Morgan fingerprint density at radius 2 is 1.75 bits per heavy atom. The van der Waals surface area contributed by atoms with E-state index >= 15 is 0 Å². The van der Waals surface area contributed by atoms with Crippen molar-refractivity contribution in [3.63, 3.8) is 0 Å². The summed E-state index contributed by atoms with van der Waals surface area (Å²) in [5.41, 5.74) is 0.783. The van der Waals surface area contributed by atoms with E-state index in [2.05, 4.69) is 6.58 Å². The molecule has 260 valence electrons. The van der Waals surface area contributed by atoms with E-state index in [1.165, 1.54) is 18.7 Å². The predicted molar refractivity (Wildman–Crippen MR) is 181 cm³/mol. The van der Waals surface area contributed by atoms with Crippen molar-refractivity contribution >= 4 is 29.4 Å². The SMILES string of the molecule is C=CC(=O)OCC(C)(C)C(=O)C(=O)N1CCCC[C@H]1C(=O)O[C@H](CCc1ccc(C)c(OC)c1)c1cccc(OCC(=O)C(C)(C)C)c1. The van der Waals surface area contributed by atoms with Crippen LogP contribution in [0, 0.1) is 17.8 Å². The minimum atomic E-state index is -1.31. The predicted octanol–water partition coefficient (Wildman–Crippen LogP) is 5.92. The largest absolute Gasteiger partial charge is 0.496 e. The second kappa shape index (κ2) is 16.6. The van der Waals surface area contributed by atoms with Gasteiger partial charge in [-0.05, 0) is 87.8 Å². The third kappa shape index (κ3) is 10.3. The summed E-state index contributed by atoms with van der Waals surface area (Å²) < 4.78 is 22.5. The third-order valence-electron chi connectivity index (χ3n) is 8.45. The number of Topliss-reactive ketones (excluding diaryl/α,β-unsaturated/α-hetero) is 2. The number of carbonyl (C=O) groups excluding carboxylic acids is 5. The molecule has 0 bridgehead atoms. The molecular formula is C38H49NO9. The second-order valence-electron chi connectivity index (χ2n) is 13.8. The Morgan fingerprint density at radius 1 is 1.02 bits per heavy atom. The molecule has 10 nitrogen and oxygen atoms in total. The number of aryl methyl sites for hydroxylation is 2. The van der Waals surface area contributed by atoms with Crippen molar-refractivity contribution in [2.45, 2.75) is 85.8 Å². The summed E-state index contributed by atoms with van der Waals surface area (Å²) in [4.78, 5) is 66.1. The zero-order chi connectivity index (χ0) is 35.6. The first kappa shape index (κ1) is 38.0. The zero-order valence-electron chi connectivity index (χ0n) is 29.3. The van der Waals surface area contributed by atoms with E-state index in [-0.39, 0.29) is 25.5 Å². The van der Waals surface area contributed by atoms with Crippen molar-refractivity contribution < 1.29 is 42.9 Å². The molecule has 0 N–H and O–H groups in total. The molecule has 0 radical (unpaired) electrons. The number of ether oxygens (including phenoxy) is 4. The molecule has 2 aromatic rings. The fourth-order valence-electron chi connectivity index (χ4n) is 5.22. The summed E-state index contributed by atoms with van der Waals surface area (Å²) in [5, 5.41) is 0. The maximum atomic E-state index is 13.9. The lowest BCUT2D eigenvalue weighted by molar-refractivity contribution is -0.165. The number of piperidine rings is 1. The number of hydrogen-bond acceptors (Lipinski definition) is 9. The number of likely N-dealkylation sites (tertiary alicyclic amines) is 1. The number of benzene rings is 2. The van der Waals surface area contributed by atoms with Gasteiger partial charge in [0.05, 0.1) is 12.5 Å². The van der Waals surface area contributed by atoms with Gasteiger partial charge in [-0.1, -0.05) is 51.6 Å². The summed E-state index contributed by atoms with van der Waals surface area (Å²) in [6.07, 6.45) is 2.85. The molecule has 1 saturated heterocycles. The maximum absolute atomic E-state index is 13.9. The van der Waals surface area contributed by atoms with Crippen molar-refractivity contribution in [3.8, 4) is 11.5 Å². The van der Waals surface area contributed by atoms with Gasteiger partial charge in [0.15, 0.2) is 5.78 Å². The highest BCUT2D eigenvalue weighted by Gasteiger charge is 2.42. The lowest BCUT2D eigenvalue weighted by Gasteiger charge is -2.36. The van der Waals surface area contributed by atoms with E-state index in [9.17, 15) is 24.0 Å². The van der Waals surface area contributed by atoms with Crippen LogP contribution in [0.4, 0.5) is 0 Å². The van der Waals surface area contributed by atoms with Crippen LogP contribution in [0.1, 0.15) is 83.1 Å². The number of ketones is 2. The van der Waals surface area contributed by atoms with Crippen molar-refractivity contribution in [1.29, 1.82) is 0 Å². The Labute approximate surface area is 283 Å². The first-order chi connectivity index (χ1) is 22.6. The first-order valence-electron chi connectivity index (χ1n) is 16.3. The van der Waals surface area contributed by atoms with E-state index in [0.717, 1.165) is 23.0 Å². The number of hydrogen-bond donors (Lipinski definition) is 0. The monoisotopic (exact) mass is 663 g/mol. The molecule has 0 spiro atoms. The van der Waals surface area contributed by atoms with Gasteiger partial charge in [-0.15, -0.1) is 0 Å². The van der Waals surface area contributed by atoms with Gasteiger partial charge in [0.1, 0.15) is 36.9 Å². The first-order valence-corrected chi connectivity index (χ1v) is 16.3. The van der Waals surface area contributed by atoms with E-state index in [0.29, 0.717) is 43.4 Å². The highest BCUT2D eigenvalue weighted by Crippen LogP contribution is 2.31. The molecule has 1 amide bonds. The highest BCUT2D eigenvalue weighted by atomic mass is 16.5. The topological polar surface area (TPSA) is 126 Å². The number of esters is 2. The number of carbonyl (C=O) groups is 5. The van der Waals surface area contributed by atoms with Crippen molar-refractivity contribution in [2.24, 2.45) is 10.8 Å². The molecule has 48 heavy (non-hydrogen) atoms. The Kier molecular flexibility index (Phi) is 13.1. The normalized spacial score (nSPS) is 15.6. The Bertz CT molecular complexity index is 1500. The number of rotatable bonds is 15. The summed E-state index contributed by atoms with van der Waals surface area (Å²) in [6, 6.07) is 12.0. The Hall–Kier alpha value is -4.47. The van der Waals surface area contributed by atoms with Crippen LogP contribution in [-0.2, 0) is 39.9 Å². The van der Waals surface area contributed by atoms with Gasteiger partial charge in [-0.3, -0.25) is 14.4 Å². The van der Waals surface area contributed by atoms with Gasteiger partial charge in [0.25, 0.3) is 5.91 Å². The average molecular weight is 664 g/mol. The Morgan fingerprint density at radius 3 is 2.42 bits per heavy atom. The fourth-order valence-corrected chi connectivity index (χ4v) is 5.22. The maximum Gasteiger partial charge on any atom is 0.330 e. The van der Waals surface area contributed by atoms with Gasteiger partial charge in [0, 0.05) is 18.0 Å². The standard InChI is InChI=1S/C38H49NO9/c1-9-33(41)47-24-38(6,7)34(42)35(43)39-20-11-10-15-29(39)36(44)48-30(19-18-26-17-16-25(2)31(21-26)45-8)27-13-12-14-28(22-27)46-23-32(40)37(3,4)5/h9,12-14,16-17,21-22,29-30H,1,10-11,15,18-20,23-24H2,2-8H3/t29-,30+/m0/s1. The Balaban J connectivity index is 1.86. The fraction of sp³-hybridized carbons (Fsp3) is 0.500. The quantitative estimate of drug-likeness (QED) is 0.130. The van der Waals surface area contributed by atoms with E-state index in [1.807, 2.05) is 52.0 Å². The van der Waals surface area contributed by atoms with Crippen molar-refractivity contribution in [1.82, 2.24) is 4.90 Å². The molecule has 0 saturated carbocycles. The van der Waals surface area contributed by atoms with Crippen LogP contribution in [0.15, 0.2) is 55.1 Å². The second-order valence-corrected chi connectivity index (χ2v) is 13.8.